The van der Waals surface area contributed by atoms with Crippen LogP contribution in [0.4, 0.5) is 0 Å². The van der Waals surface area contributed by atoms with Gasteiger partial charge in [-0.2, -0.15) is 5.26 Å². The van der Waals surface area contributed by atoms with Crippen LogP contribution >= 0.6 is 0 Å². The highest BCUT2D eigenvalue weighted by atomic mass is 16.5. The first-order chi connectivity index (χ1) is 13.8. The third-order valence-corrected chi connectivity index (χ3v) is 4.28. The molecule has 1 amide bonds. The molecule has 0 heterocycles. The van der Waals surface area contributed by atoms with Crippen LogP contribution in [0.1, 0.15) is 24.5 Å². The number of nitrogens with zero attached hydrogens (tertiary/aromatic N) is 1. The summed E-state index contributed by atoms with van der Waals surface area (Å²) in [6.45, 7) is 1.26. The summed E-state index contributed by atoms with van der Waals surface area (Å²) in [7, 11) is 2.93. The van der Waals surface area contributed by atoms with Crippen molar-refractivity contribution in [1.82, 2.24) is 5.32 Å². The Hall–Kier alpha value is -3.73. The van der Waals surface area contributed by atoms with Crippen molar-refractivity contribution in [3.8, 4) is 23.3 Å². The fraction of sp³-hybridized carbons (Fsp3) is 0.286. The number of hydrogen-bond donors (Lipinski definition) is 2. The van der Waals surface area contributed by atoms with Gasteiger partial charge < -0.3 is 24.6 Å². The van der Waals surface area contributed by atoms with E-state index in [9.17, 15) is 14.7 Å². The quantitative estimate of drug-likeness (QED) is 0.666. The maximum absolute atomic E-state index is 12.5. The van der Waals surface area contributed by atoms with Crippen molar-refractivity contribution in [3.05, 3.63) is 53.6 Å². The Kier molecular flexibility index (Phi) is 7.04. The van der Waals surface area contributed by atoms with E-state index in [0.717, 1.165) is 0 Å². The molecule has 0 fully saturated rings. The lowest BCUT2D eigenvalue weighted by molar-refractivity contribution is -0.139. The summed E-state index contributed by atoms with van der Waals surface area (Å²) in [5.41, 5.74) is -0.190. The minimum atomic E-state index is -1.17. The van der Waals surface area contributed by atoms with Crippen molar-refractivity contribution >= 4 is 11.9 Å². The summed E-state index contributed by atoms with van der Waals surface area (Å²) < 4.78 is 15.9. The number of nitriles is 1. The number of rotatable bonds is 9. The highest BCUT2D eigenvalue weighted by Gasteiger charge is 2.32. The largest absolute Gasteiger partial charge is 0.497 e. The van der Waals surface area contributed by atoms with E-state index in [0.29, 0.717) is 28.4 Å². The van der Waals surface area contributed by atoms with E-state index in [-0.39, 0.29) is 13.0 Å². The number of methoxy groups -OCH3 is 2. The number of nitrogens with one attached hydrogen (secondary N) is 1. The van der Waals surface area contributed by atoms with Crippen LogP contribution in [0.2, 0.25) is 0 Å². The molecule has 1 atom stereocenters. The predicted octanol–water partition coefficient (Wildman–Crippen LogP) is 2.46. The standard InChI is InChI=1S/C21H22N2O6/c1-21(11-20(25)26,15-5-4-6-16(10-15)27-2)23-19(24)13-29-17-8-7-14(12-22)9-18(17)28-3/h4-10H,11,13H2,1-3H3,(H,23,24)(H,25,26). The molecule has 8 heteroatoms. The zero-order chi connectivity index (χ0) is 21.4. The maximum Gasteiger partial charge on any atom is 0.306 e. The molecule has 0 spiro atoms. The molecule has 8 nitrogen and oxygen atoms in total. The van der Waals surface area contributed by atoms with Crippen LogP contribution in [0.5, 0.6) is 17.2 Å². The number of amides is 1. The monoisotopic (exact) mass is 398 g/mol. The Morgan fingerprint density at radius 3 is 2.52 bits per heavy atom. The Labute approximate surface area is 168 Å². The van der Waals surface area contributed by atoms with E-state index in [1.807, 2.05) is 6.07 Å². The van der Waals surface area contributed by atoms with Gasteiger partial charge in [-0.15, -0.1) is 0 Å². The van der Waals surface area contributed by atoms with Crippen LogP contribution in [0.3, 0.4) is 0 Å². The van der Waals surface area contributed by atoms with Gasteiger partial charge in [0.25, 0.3) is 5.91 Å². The Bertz CT molecular complexity index is 937. The smallest absolute Gasteiger partial charge is 0.306 e. The molecule has 0 aliphatic carbocycles. The second-order valence-electron chi connectivity index (χ2n) is 6.45. The van der Waals surface area contributed by atoms with E-state index >= 15 is 0 Å². The van der Waals surface area contributed by atoms with Gasteiger partial charge in [-0.25, -0.2) is 0 Å². The summed E-state index contributed by atoms with van der Waals surface area (Å²) in [6, 6.07) is 13.4. The lowest BCUT2D eigenvalue weighted by Gasteiger charge is -2.30. The second-order valence-corrected chi connectivity index (χ2v) is 6.45. The molecule has 0 radical (unpaired) electrons. The molecule has 0 saturated heterocycles. The lowest BCUT2D eigenvalue weighted by Crippen LogP contribution is -2.46. The number of hydrogen-bond acceptors (Lipinski definition) is 6. The first kappa shape index (κ1) is 21.6. The number of carbonyl (C=O) groups excluding carboxylic acids is 1. The van der Waals surface area contributed by atoms with Crippen LogP contribution in [-0.4, -0.2) is 37.8 Å². The van der Waals surface area contributed by atoms with Gasteiger partial charge in [0.1, 0.15) is 5.75 Å². The van der Waals surface area contributed by atoms with Gasteiger partial charge in [-0.05, 0) is 36.8 Å². The number of carboxylic acids is 1. The average molecular weight is 398 g/mol. The van der Waals surface area contributed by atoms with Crippen molar-refractivity contribution in [1.29, 1.82) is 5.26 Å². The van der Waals surface area contributed by atoms with Gasteiger partial charge >= 0.3 is 5.97 Å². The molecule has 0 aliphatic heterocycles. The number of aliphatic carboxylic acids is 1. The fourth-order valence-electron chi connectivity index (χ4n) is 2.83. The summed E-state index contributed by atoms with van der Waals surface area (Å²) >= 11 is 0. The molecule has 1 unspecified atom stereocenters. The first-order valence-corrected chi connectivity index (χ1v) is 8.69. The van der Waals surface area contributed by atoms with Crippen molar-refractivity contribution in [2.24, 2.45) is 0 Å². The van der Waals surface area contributed by atoms with Gasteiger partial charge in [-0.1, -0.05) is 12.1 Å². The molecule has 0 bridgehead atoms. The normalized spacial score (nSPS) is 12.2. The maximum atomic E-state index is 12.5. The number of carbonyl (C=O) groups is 2. The third-order valence-electron chi connectivity index (χ3n) is 4.28. The predicted molar refractivity (Wildman–Crippen MR) is 104 cm³/mol. The molecule has 29 heavy (non-hydrogen) atoms. The van der Waals surface area contributed by atoms with Gasteiger partial charge in [0, 0.05) is 6.07 Å². The van der Waals surface area contributed by atoms with Gasteiger partial charge in [0.2, 0.25) is 0 Å². The fourth-order valence-corrected chi connectivity index (χ4v) is 2.83. The second kappa shape index (κ2) is 9.46. The minimum absolute atomic E-state index is 0.294. The van der Waals surface area contributed by atoms with Crippen LogP contribution in [0, 0.1) is 11.3 Å². The van der Waals surface area contributed by atoms with Crippen LogP contribution < -0.4 is 19.5 Å². The van der Waals surface area contributed by atoms with E-state index in [2.05, 4.69) is 5.32 Å². The molecule has 152 valence electrons. The Morgan fingerprint density at radius 1 is 1.14 bits per heavy atom. The molecule has 2 N–H and O–H groups in total. The summed E-state index contributed by atoms with van der Waals surface area (Å²) in [5, 5.41) is 21.0. The van der Waals surface area contributed by atoms with E-state index < -0.39 is 17.4 Å². The SMILES string of the molecule is COc1cccc(C(C)(CC(=O)O)NC(=O)COc2ccc(C#N)cc2OC)c1. The number of carboxylic acid groups (broad SMARTS) is 1. The van der Waals surface area contributed by atoms with Crippen molar-refractivity contribution in [3.63, 3.8) is 0 Å². The molecular weight excluding hydrogens is 376 g/mol. The lowest BCUT2D eigenvalue weighted by atomic mass is 9.88. The minimum Gasteiger partial charge on any atom is -0.497 e. The van der Waals surface area contributed by atoms with Crippen molar-refractivity contribution < 1.29 is 28.9 Å². The molecule has 2 rings (SSSR count). The Morgan fingerprint density at radius 2 is 1.90 bits per heavy atom. The zero-order valence-electron chi connectivity index (χ0n) is 16.4. The molecule has 2 aromatic carbocycles. The average Bonchev–Trinajstić information content (AvgIpc) is 2.71. The van der Waals surface area contributed by atoms with Gasteiger partial charge in [0.05, 0.1) is 37.8 Å². The highest BCUT2D eigenvalue weighted by Crippen LogP contribution is 2.29. The number of ether oxygens (including phenoxy) is 3. The molecule has 0 saturated carbocycles. The zero-order valence-corrected chi connectivity index (χ0v) is 16.4. The molecule has 2 aromatic rings. The first-order valence-electron chi connectivity index (χ1n) is 8.69. The topological polar surface area (TPSA) is 118 Å². The number of benzene rings is 2. The molecular formula is C21H22N2O6. The Balaban J connectivity index is 2.16. The molecule has 0 aliphatic rings. The summed E-state index contributed by atoms with van der Waals surface area (Å²) in [5.74, 6) is -0.416. The highest BCUT2D eigenvalue weighted by molar-refractivity contribution is 5.80. The van der Waals surface area contributed by atoms with Crippen LogP contribution in [0.25, 0.3) is 0 Å². The summed E-state index contributed by atoms with van der Waals surface area (Å²) in [6.07, 6.45) is -0.327. The summed E-state index contributed by atoms with van der Waals surface area (Å²) in [4.78, 5) is 23.9. The molecule has 0 aromatic heterocycles. The van der Waals surface area contributed by atoms with E-state index in [4.69, 9.17) is 19.5 Å². The van der Waals surface area contributed by atoms with E-state index in [1.54, 1.807) is 37.3 Å². The van der Waals surface area contributed by atoms with Gasteiger partial charge in [0.15, 0.2) is 18.1 Å². The van der Waals surface area contributed by atoms with Crippen LogP contribution in [-0.2, 0) is 15.1 Å². The van der Waals surface area contributed by atoms with Crippen molar-refractivity contribution in [2.75, 3.05) is 20.8 Å². The van der Waals surface area contributed by atoms with Crippen molar-refractivity contribution in [2.45, 2.75) is 18.9 Å². The van der Waals surface area contributed by atoms with Crippen LogP contribution in [0.15, 0.2) is 42.5 Å². The third kappa shape index (κ3) is 5.62. The van der Waals surface area contributed by atoms with E-state index in [1.165, 1.54) is 26.4 Å². The van der Waals surface area contributed by atoms with Gasteiger partial charge in [-0.3, -0.25) is 9.59 Å².